The number of hydrogen-bond donors (Lipinski definition) is 0. The molecule has 1 aliphatic heterocycles. The molecule has 0 amide bonds. The molecule has 0 radical (unpaired) electrons. The van der Waals surface area contributed by atoms with Gasteiger partial charge < -0.3 is 18.9 Å². The van der Waals surface area contributed by atoms with Crippen LogP contribution >= 0.6 is 0 Å². The van der Waals surface area contributed by atoms with Crippen LogP contribution in [-0.4, -0.2) is 39.3 Å². The van der Waals surface area contributed by atoms with E-state index in [1.165, 1.54) is 0 Å². The minimum atomic E-state index is -0.448. The predicted octanol–water partition coefficient (Wildman–Crippen LogP) is 1.40. The molecular formula is C14H18BNO3. The number of benzene rings is 1. The second kappa shape index (κ2) is 5.84. The van der Waals surface area contributed by atoms with Crippen LogP contribution in [0, 0.1) is 0 Å². The molecule has 1 fully saturated rings. The molecule has 0 unspecified atom stereocenters. The van der Waals surface area contributed by atoms with E-state index in [0.717, 1.165) is 17.8 Å². The van der Waals surface area contributed by atoms with Crippen LogP contribution in [0.2, 0.25) is 0 Å². The third kappa shape index (κ3) is 3.55. The lowest BCUT2D eigenvalue weighted by molar-refractivity contribution is 0.261. The van der Waals surface area contributed by atoms with Crippen LogP contribution in [-0.2, 0) is 9.31 Å². The van der Waals surface area contributed by atoms with Crippen molar-refractivity contribution in [2.24, 2.45) is 0 Å². The lowest BCUT2D eigenvalue weighted by Crippen LogP contribution is -2.31. The first-order chi connectivity index (χ1) is 9.06. The van der Waals surface area contributed by atoms with Crippen LogP contribution < -0.4 is 10.2 Å². The molecule has 19 heavy (non-hydrogen) atoms. The molecule has 1 aromatic rings. The highest BCUT2D eigenvalue weighted by Gasteiger charge is 2.34. The second-order valence-corrected chi connectivity index (χ2v) is 4.63. The zero-order valence-corrected chi connectivity index (χ0v) is 11.4. The van der Waals surface area contributed by atoms with E-state index in [9.17, 15) is 0 Å². The van der Waals surface area contributed by atoms with Crippen LogP contribution in [0.5, 0.6) is 5.75 Å². The van der Waals surface area contributed by atoms with Gasteiger partial charge in [0.15, 0.2) is 0 Å². The molecule has 2 rings (SSSR count). The molecule has 0 bridgehead atoms. The molecule has 0 aromatic heterocycles. The van der Waals surface area contributed by atoms with E-state index in [2.05, 4.69) is 18.1 Å². The first-order valence-corrected chi connectivity index (χ1v) is 6.15. The minimum Gasteiger partial charge on any atom is -0.520 e. The highest BCUT2D eigenvalue weighted by molar-refractivity contribution is 6.62. The molecule has 4 nitrogen and oxygen atoms in total. The number of ether oxygens (including phenoxy) is 1. The maximum atomic E-state index is 5.62. The summed E-state index contributed by atoms with van der Waals surface area (Å²) in [6.07, 6.45) is 0. The molecular weight excluding hydrogens is 241 g/mol. The summed E-state index contributed by atoms with van der Waals surface area (Å²) in [6.45, 7) is 8.97. The Morgan fingerprint density at radius 1 is 1.11 bits per heavy atom. The Morgan fingerprint density at radius 2 is 1.68 bits per heavy atom. The van der Waals surface area contributed by atoms with Gasteiger partial charge in [-0.25, -0.2) is 0 Å². The average molecular weight is 259 g/mol. The molecule has 1 aliphatic rings. The van der Waals surface area contributed by atoms with Gasteiger partial charge in [-0.3, -0.25) is 0 Å². The zero-order valence-electron chi connectivity index (χ0n) is 11.4. The molecule has 1 heterocycles. The fraction of sp³-hybridized carbons (Fsp3) is 0.286. The number of hydrogen-bond acceptors (Lipinski definition) is 4. The van der Waals surface area contributed by atoms with Crippen LogP contribution in [0.4, 0.5) is 0 Å². The normalized spacial score (nSPS) is 14.6. The van der Waals surface area contributed by atoms with E-state index in [-0.39, 0.29) is 0 Å². The maximum Gasteiger partial charge on any atom is 0.632 e. The summed E-state index contributed by atoms with van der Waals surface area (Å²) in [4.78, 5) is 2.08. The number of likely N-dealkylation sites (N-methyl/N-ethyl adjacent to an activating group) is 1. The Balaban J connectivity index is 1.91. The third-order valence-corrected chi connectivity index (χ3v) is 2.77. The van der Waals surface area contributed by atoms with Crippen molar-refractivity contribution >= 4 is 12.6 Å². The van der Waals surface area contributed by atoms with Gasteiger partial charge >= 0.3 is 7.12 Å². The van der Waals surface area contributed by atoms with Crippen molar-refractivity contribution in [2.45, 2.75) is 0 Å². The summed E-state index contributed by atoms with van der Waals surface area (Å²) in [6, 6.07) is 7.65. The summed E-state index contributed by atoms with van der Waals surface area (Å²) >= 11 is 0. The van der Waals surface area contributed by atoms with E-state index in [0.29, 0.717) is 18.1 Å². The highest BCUT2D eigenvalue weighted by atomic mass is 16.6. The average Bonchev–Trinajstić information content (AvgIpc) is 2.70. The van der Waals surface area contributed by atoms with Crippen molar-refractivity contribution in [3.05, 3.63) is 48.9 Å². The third-order valence-electron chi connectivity index (χ3n) is 2.77. The fourth-order valence-electron chi connectivity index (χ4n) is 1.62. The highest BCUT2D eigenvalue weighted by Crippen LogP contribution is 2.20. The van der Waals surface area contributed by atoms with Gasteiger partial charge in [-0.2, -0.15) is 0 Å². The maximum absolute atomic E-state index is 5.62. The van der Waals surface area contributed by atoms with Crippen LogP contribution in [0.3, 0.4) is 0 Å². The summed E-state index contributed by atoms with van der Waals surface area (Å²) < 4.78 is 16.5. The Bertz CT molecular complexity index is 454. The molecule has 0 N–H and O–H groups in total. The summed E-state index contributed by atoms with van der Waals surface area (Å²) in [5.41, 5.74) is 0.916. The van der Waals surface area contributed by atoms with Crippen molar-refractivity contribution in [3.63, 3.8) is 0 Å². The van der Waals surface area contributed by atoms with Gasteiger partial charge in [-0.1, -0.05) is 25.3 Å². The second-order valence-electron chi connectivity index (χ2n) is 4.63. The summed E-state index contributed by atoms with van der Waals surface area (Å²) in [7, 11) is 3.58. The van der Waals surface area contributed by atoms with Gasteiger partial charge in [0.2, 0.25) is 0 Å². The summed E-state index contributed by atoms with van der Waals surface area (Å²) in [5.74, 6) is 1.80. The van der Waals surface area contributed by atoms with Crippen molar-refractivity contribution in [1.29, 1.82) is 0 Å². The number of nitrogens with zero attached hydrogens (tertiary/aromatic N) is 1. The molecule has 0 atom stereocenters. The quantitative estimate of drug-likeness (QED) is 0.748. The van der Waals surface area contributed by atoms with E-state index < -0.39 is 7.12 Å². The fourth-order valence-corrected chi connectivity index (χ4v) is 1.62. The van der Waals surface area contributed by atoms with Gasteiger partial charge in [0, 0.05) is 12.0 Å². The molecule has 100 valence electrons. The first kappa shape index (κ1) is 13.6. The van der Waals surface area contributed by atoms with E-state index >= 15 is 0 Å². The predicted molar refractivity (Wildman–Crippen MR) is 76.3 cm³/mol. The van der Waals surface area contributed by atoms with E-state index in [1.54, 1.807) is 0 Å². The SMILES string of the molecule is C=C1OB(c2ccc(OCCN(C)C)cc2)OC1=C. The van der Waals surface area contributed by atoms with Gasteiger partial charge in [0.05, 0.1) is 0 Å². The minimum absolute atomic E-state index is 0.448. The van der Waals surface area contributed by atoms with Gasteiger partial charge in [0.1, 0.15) is 23.9 Å². The Morgan fingerprint density at radius 3 is 2.21 bits per heavy atom. The van der Waals surface area contributed by atoms with Crippen molar-refractivity contribution in [1.82, 2.24) is 4.90 Å². The van der Waals surface area contributed by atoms with E-state index in [1.807, 2.05) is 38.4 Å². The Kier molecular flexibility index (Phi) is 4.17. The molecule has 0 aliphatic carbocycles. The Labute approximate surface area is 114 Å². The Hall–Kier alpha value is -1.88. The largest absolute Gasteiger partial charge is 0.632 e. The lowest BCUT2D eigenvalue weighted by Gasteiger charge is -2.11. The van der Waals surface area contributed by atoms with Gasteiger partial charge in [-0.05, 0) is 26.2 Å². The van der Waals surface area contributed by atoms with Crippen molar-refractivity contribution in [2.75, 3.05) is 27.2 Å². The van der Waals surface area contributed by atoms with Crippen LogP contribution in [0.15, 0.2) is 48.9 Å². The number of rotatable bonds is 5. The summed E-state index contributed by atoms with van der Waals surface area (Å²) in [5, 5.41) is 0. The first-order valence-electron chi connectivity index (χ1n) is 6.15. The monoisotopic (exact) mass is 259 g/mol. The van der Waals surface area contributed by atoms with E-state index in [4.69, 9.17) is 14.0 Å². The van der Waals surface area contributed by atoms with Crippen molar-refractivity contribution in [3.8, 4) is 5.75 Å². The molecule has 1 saturated heterocycles. The van der Waals surface area contributed by atoms with Crippen molar-refractivity contribution < 1.29 is 14.0 Å². The smallest absolute Gasteiger partial charge is 0.520 e. The lowest BCUT2D eigenvalue weighted by atomic mass is 9.79. The zero-order chi connectivity index (χ0) is 13.8. The molecule has 1 aromatic carbocycles. The van der Waals surface area contributed by atoms with Gasteiger partial charge in [-0.15, -0.1) is 0 Å². The topological polar surface area (TPSA) is 30.9 Å². The van der Waals surface area contributed by atoms with Crippen LogP contribution in [0.25, 0.3) is 0 Å². The molecule has 0 saturated carbocycles. The van der Waals surface area contributed by atoms with Gasteiger partial charge in [0.25, 0.3) is 0 Å². The van der Waals surface area contributed by atoms with Crippen LogP contribution in [0.1, 0.15) is 0 Å². The molecule has 5 heteroatoms. The standard InChI is InChI=1S/C14H18BNO3/c1-11-12(2)19-15(18-11)13-5-7-14(8-6-13)17-10-9-16(3)4/h5-8H,1-2,9-10H2,3-4H3. The molecule has 0 spiro atoms.